The molecule has 2 spiro atoms. The highest BCUT2D eigenvalue weighted by Gasteiger charge is 2.53. The molecule has 0 fully saturated rings. The number of rotatable bonds is 9. The van der Waals surface area contributed by atoms with Gasteiger partial charge in [-0.3, -0.25) is 0 Å². The van der Waals surface area contributed by atoms with E-state index in [9.17, 15) is 0 Å². The summed E-state index contributed by atoms with van der Waals surface area (Å²) in [4.78, 5) is 31.0. The van der Waals surface area contributed by atoms with Crippen LogP contribution in [0.25, 0.3) is 146 Å². The van der Waals surface area contributed by atoms with Crippen LogP contribution in [0.3, 0.4) is 0 Å². The minimum absolute atomic E-state index is 0.448. The van der Waals surface area contributed by atoms with Crippen LogP contribution in [0, 0.1) is 0 Å². The Labute approximate surface area is 567 Å². The van der Waals surface area contributed by atoms with Crippen molar-refractivity contribution in [3.8, 4) is 146 Å². The SMILES string of the molecule is c1ccc(-c2nc(-c3ccccc3)nc(-c3ccc(-c4ccc5c(c4)C4(c6ccccc6-5)c5ccccc5-c5ccc(-c6cccc(-c7nc(-c8ccccc8)nc(-c8cccc(-c9ccc%10c(c9)C9(c%11ccccc%11-c%11ccccc%119)c9ccccc9-%10)c8)n7)c6)cc54)cc3)n2)cc1. The summed E-state index contributed by atoms with van der Waals surface area (Å²) >= 11 is 0. The van der Waals surface area contributed by atoms with Gasteiger partial charge in [0.2, 0.25) is 0 Å². The Balaban J connectivity index is 0.677. The van der Waals surface area contributed by atoms with Gasteiger partial charge in [-0.1, -0.05) is 309 Å². The molecule has 0 bridgehead atoms. The molecule has 14 aromatic carbocycles. The lowest BCUT2D eigenvalue weighted by atomic mass is 9.70. The van der Waals surface area contributed by atoms with Gasteiger partial charge < -0.3 is 0 Å². The second-order valence-corrected chi connectivity index (χ2v) is 26.0. The van der Waals surface area contributed by atoms with Crippen molar-refractivity contribution >= 4 is 0 Å². The lowest BCUT2D eigenvalue weighted by molar-refractivity contribution is 0.794. The molecule has 0 N–H and O–H groups in total. The molecule has 16 aromatic rings. The van der Waals surface area contributed by atoms with Crippen LogP contribution in [0.1, 0.15) is 44.5 Å². The van der Waals surface area contributed by atoms with E-state index in [-0.39, 0.29) is 0 Å². The summed E-state index contributed by atoms with van der Waals surface area (Å²) < 4.78 is 0. The predicted molar refractivity (Wildman–Crippen MR) is 395 cm³/mol. The van der Waals surface area contributed by atoms with Crippen LogP contribution >= 0.6 is 0 Å². The van der Waals surface area contributed by atoms with E-state index < -0.39 is 10.8 Å². The maximum atomic E-state index is 5.41. The third kappa shape index (κ3) is 8.34. The highest BCUT2D eigenvalue weighted by molar-refractivity contribution is 5.99. The average Bonchev–Trinajstić information content (AvgIpc) is 1.52. The molecule has 6 nitrogen and oxygen atoms in total. The molecular formula is C92H56N6. The molecule has 4 aliphatic rings. The minimum atomic E-state index is -0.601. The van der Waals surface area contributed by atoms with Gasteiger partial charge in [-0.05, 0) is 153 Å². The van der Waals surface area contributed by atoms with Gasteiger partial charge in [0.15, 0.2) is 34.9 Å². The number of aromatic nitrogens is 6. The van der Waals surface area contributed by atoms with Gasteiger partial charge in [0, 0.05) is 33.4 Å². The lowest BCUT2D eigenvalue weighted by Gasteiger charge is -2.31. The van der Waals surface area contributed by atoms with Crippen molar-refractivity contribution in [3.05, 3.63) is 384 Å². The van der Waals surface area contributed by atoms with E-state index in [1.807, 2.05) is 78.9 Å². The minimum Gasteiger partial charge on any atom is -0.208 e. The smallest absolute Gasteiger partial charge is 0.164 e. The molecule has 454 valence electrons. The molecule has 0 radical (unpaired) electrons. The molecule has 1 unspecified atom stereocenters. The maximum absolute atomic E-state index is 5.41. The van der Waals surface area contributed by atoms with E-state index in [0.29, 0.717) is 34.9 Å². The Morgan fingerprint density at radius 1 is 0.133 bits per heavy atom. The zero-order valence-electron chi connectivity index (χ0n) is 53.0. The van der Waals surface area contributed by atoms with Crippen molar-refractivity contribution in [1.29, 1.82) is 0 Å². The summed E-state index contributed by atoms with van der Waals surface area (Å²) in [5, 5.41) is 0. The molecule has 0 saturated carbocycles. The molecule has 2 aromatic heterocycles. The average molecular weight is 1250 g/mol. The van der Waals surface area contributed by atoms with Gasteiger partial charge in [0.25, 0.3) is 0 Å². The van der Waals surface area contributed by atoms with Gasteiger partial charge >= 0.3 is 0 Å². The van der Waals surface area contributed by atoms with Gasteiger partial charge in [-0.2, -0.15) is 0 Å². The quantitative estimate of drug-likeness (QED) is 0.143. The number of hydrogen-bond acceptors (Lipinski definition) is 6. The lowest BCUT2D eigenvalue weighted by Crippen LogP contribution is -2.26. The van der Waals surface area contributed by atoms with Crippen LogP contribution in [-0.4, -0.2) is 29.9 Å². The number of nitrogens with zero attached hydrogens (tertiary/aromatic N) is 6. The van der Waals surface area contributed by atoms with E-state index in [4.69, 9.17) is 29.9 Å². The highest BCUT2D eigenvalue weighted by Crippen LogP contribution is 2.65. The third-order valence-corrected chi connectivity index (χ3v) is 20.8. The first kappa shape index (κ1) is 55.5. The Bertz CT molecular complexity index is 5810. The van der Waals surface area contributed by atoms with Crippen molar-refractivity contribution in [3.63, 3.8) is 0 Å². The van der Waals surface area contributed by atoms with E-state index in [2.05, 4.69) is 261 Å². The third-order valence-electron chi connectivity index (χ3n) is 20.8. The zero-order chi connectivity index (χ0) is 64.5. The molecule has 6 heteroatoms. The summed E-state index contributed by atoms with van der Waals surface area (Å²) in [5.74, 6) is 3.71. The Morgan fingerprint density at radius 3 is 0.663 bits per heavy atom. The number of fused-ring (bicyclic) bond motifs is 20. The topological polar surface area (TPSA) is 77.3 Å². The fourth-order valence-corrected chi connectivity index (χ4v) is 16.5. The molecule has 4 aliphatic carbocycles. The van der Waals surface area contributed by atoms with Gasteiger partial charge in [-0.15, -0.1) is 0 Å². The number of benzene rings is 14. The molecule has 2 heterocycles. The first-order chi connectivity index (χ1) is 48.5. The van der Waals surface area contributed by atoms with Crippen LogP contribution in [0.15, 0.2) is 340 Å². The molecule has 0 aliphatic heterocycles. The summed E-state index contributed by atoms with van der Waals surface area (Å²) in [7, 11) is 0. The molecule has 98 heavy (non-hydrogen) atoms. The van der Waals surface area contributed by atoms with Crippen LogP contribution in [0.2, 0.25) is 0 Å². The Hall–Kier alpha value is -12.9. The van der Waals surface area contributed by atoms with Crippen LogP contribution in [-0.2, 0) is 10.8 Å². The Kier molecular flexibility index (Phi) is 12.4. The van der Waals surface area contributed by atoms with Gasteiger partial charge in [0.05, 0.1) is 10.8 Å². The van der Waals surface area contributed by atoms with Crippen LogP contribution in [0.5, 0.6) is 0 Å². The van der Waals surface area contributed by atoms with E-state index in [0.717, 1.165) is 66.8 Å². The highest BCUT2D eigenvalue weighted by atomic mass is 15.0. The first-order valence-corrected chi connectivity index (χ1v) is 33.5. The predicted octanol–water partition coefficient (Wildman–Crippen LogP) is 21.7. The zero-order valence-corrected chi connectivity index (χ0v) is 53.0. The van der Waals surface area contributed by atoms with Gasteiger partial charge in [0.1, 0.15) is 0 Å². The van der Waals surface area contributed by atoms with Crippen molar-refractivity contribution in [1.82, 2.24) is 29.9 Å². The normalized spacial score (nSPS) is 14.2. The van der Waals surface area contributed by atoms with E-state index >= 15 is 0 Å². The summed E-state index contributed by atoms with van der Waals surface area (Å²) in [6, 6.07) is 123. The largest absolute Gasteiger partial charge is 0.208 e. The van der Waals surface area contributed by atoms with Crippen molar-refractivity contribution in [2.75, 3.05) is 0 Å². The van der Waals surface area contributed by atoms with Crippen molar-refractivity contribution in [2.24, 2.45) is 0 Å². The molecule has 0 amide bonds. The second kappa shape index (κ2) is 21.8. The second-order valence-electron chi connectivity index (χ2n) is 26.0. The fraction of sp³-hybridized carbons (Fsp3) is 0.0217. The monoisotopic (exact) mass is 1240 g/mol. The summed E-state index contributed by atoms with van der Waals surface area (Å²) in [6.07, 6.45) is 0. The Morgan fingerprint density at radius 2 is 0.337 bits per heavy atom. The van der Waals surface area contributed by atoms with E-state index in [1.165, 1.54) is 89.0 Å². The number of hydrogen-bond donors (Lipinski definition) is 0. The van der Waals surface area contributed by atoms with Crippen molar-refractivity contribution in [2.45, 2.75) is 10.8 Å². The fourth-order valence-electron chi connectivity index (χ4n) is 16.5. The van der Waals surface area contributed by atoms with Gasteiger partial charge in [-0.25, -0.2) is 29.9 Å². The molecular weight excluding hydrogens is 1190 g/mol. The van der Waals surface area contributed by atoms with Crippen molar-refractivity contribution < 1.29 is 0 Å². The maximum Gasteiger partial charge on any atom is 0.164 e. The summed E-state index contributed by atoms with van der Waals surface area (Å²) in [5.41, 5.74) is 31.6. The molecule has 1 atom stereocenters. The summed E-state index contributed by atoms with van der Waals surface area (Å²) in [6.45, 7) is 0. The molecule has 0 saturated heterocycles. The van der Waals surface area contributed by atoms with Crippen LogP contribution < -0.4 is 0 Å². The molecule has 20 rings (SSSR count). The van der Waals surface area contributed by atoms with E-state index in [1.54, 1.807) is 0 Å². The van der Waals surface area contributed by atoms with Crippen LogP contribution in [0.4, 0.5) is 0 Å². The standard InChI is InChI=1S/C92H56N6/c1-4-22-58(23-5-1)85-93-86(59-24-6-2-7-25-59)95-88(94-85)61-44-42-57(43-45-61)64-46-49-75-72-35-13-18-40-80(72)92(83(75)54-64)81-41-19-14-36-73(81)76-51-48-66(56-84(76)92)63-29-21-31-68(53-63)90-97-87(60-26-8-3-9-27-60)96-89(98-90)67-30-20-28-62(52-67)65-47-50-74-71-34-12-17-39-79(71)91(82(74)55-65)77-37-15-10-32-69(77)70-33-11-16-38-78(70)91/h1-56H. The first-order valence-electron chi connectivity index (χ1n) is 33.5.